The van der Waals surface area contributed by atoms with E-state index in [9.17, 15) is 2.74 Å². The molecule has 0 radical (unpaired) electrons. The van der Waals surface area contributed by atoms with Crippen LogP contribution in [0.25, 0.3) is 21.2 Å². The molecule has 0 spiro atoms. The molecule has 0 saturated carbocycles. The Morgan fingerprint density at radius 1 is 0.471 bits per heavy atom. The summed E-state index contributed by atoms with van der Waals surface area (Å²) in [5.41, 5.74) is 19.2. The molecular formula is C66H75BN2S. The van der Waals surface area contributed by atoms with Crippen LogP contribution in [0.5, 0.6) is 0 Å². The zero-order valence-corrected chi connectivity index (χ0v) is 45.4. The lowest BCUT2D eigenvalue weighted by Gasteiger charge is -2.48. The third kappa shape index (κ3) is 6.77. The smallest absolute Gasteiger partial charge is 0.254 e. The molecule has 0 fully saturated rings. The van der Waals surface area contributed by atoms with Gasteiger partial charge in [0.2, 0.25) is 0 Å². The first-order chi connectivity index (χ1) is 34.8. The van der Waals surface area contributed by atoms with Gasteiger partial charge in [0.25, 0.3) is 6.71 Å². The molecule has 0 unspecified atom stereocenters. The predicted molar refractivity (Wildman–Crippen MR) is 306 cm³/mol. The first kappa shape index (κ1) is 40.5. The SMILES string of the molecule is [2H]c1c([2H])c([2H])c(-c2cc3c4c(c2)N(c2ccc5c(c2)C(C)(C)CCC5(C)C)c2sc5cc(C(C)(C)C)ccc5c2B4c2cc4c(cc2N3c2ccc3c(c2)C(C)(C)CCC3(C)C)C(C)(C)CCC4(C)C)c([2H])c1[2H]. The quantitative estimate of drug-likeness (QED) is 0.163. The van der Waals surface area contributed by atoms with Crippen LogP contribution in [0.15, 0.2) is 109 Å². The third-order valence-electron chi connectivity index (χ3n) is 18.5. The van der Waals surface area contributed by atoms with Gasteiger partial charge in [0.05, 0.1) is 11.9 Å². The summed E-state index contributed by atoms with van der Waals surface area (Å²) in [6.45, 7) is 35.6. The fraction of sp³-hybridized carbons (Fsp3) is 0.424. The summed E-state index contributed by atoms with van der Waals surface area (Å²) in [5.74, 6) is 0. The molecule has 358 valence electrons. The summed E-state index contributed by atoms with van der Waals surface area (Å²) in [6, 6.07) is 29.7. The summed E-state index contributed by atoms with van der Waals surface area (Å²) < 4.78 is 47.1. The van der Waals surface area contributed by atoms with Crippen LogP contribution in [-0.4, -0.2) is 6.71 Å². The van der Waals surface area contributed by atoms with Crippen molar-refractivity contribution < 1.29 is 6.85 Å². The Morgan fingerprint density at radius 2 is 0.943 bits per heavy atom. The Balaban J connectivity index is 1.27. The number of anilines is 6. The minimum Gasteiger partial charge on any atom is -0.311 e. The lowest BCUT2D eigenvalue weighted by Crippen LogP contribution is -2.61. The lowest BCUT2D eigenvalue weighted by molar-refractivity contribution is 0.332. The number of nitrogens with zero attached hydrogens (tertiary/aromatic N) is 2. The van der Waals surface area contributed by atoms with E-state index >= 15 is 0 Å². The Labute approximate surface area is 432 Å². The number of hydrogen-bond donors (Lipinski definition) is 0. The van der Waals surface area contributed by atoms with Gasteiger partial charge >= 0.3 is 0 Å². The molecule has 12 rings (SSSR count). The van der Waals surface area contributed by atoms with Gasteiger partial charge < -0.3 is 9.80 Å². The van der Waals surface area contributed by atoms with Crippen LogP contribution >= 0.6 is 11.3 Å². The summed E-state index contributed by atoms with van der Waals surface area (Å²) in [7, 11) is 0. The minimum atomic E-state index is -0.385. The highest BCUT2D eigenvalue weighted by atomic mass is 32.1. The molecule has 5 aliphatic rings. The van der Waals surface area contributed by atoms with E-state index in [-0.39, 0.29) is 80.4 Å². The fourth-order valence-electron chi connectivity index (χ4n) is 13.5. The normalized spacial score (nSPS) is 21.5. The van der Waals surface area contributed by atoms with Crippen molar-refractivity contribution in [3.8, 4) is 11.1 Å². The number of hydrogen-bond acceptors (Lipinski definition) is 3. The highest BCUT2D eigenvalue weighted by Crippen LogP contribution is 2.55. The second-order valence-corrected chi connectivity index (χ2v) is 28.1. The summed E-state index contributed by atoms with van der Waals surface area (Å²) in [4.78, 5) is 5.03. The van der Waals surface area contributed by atoms with Gasteiger partial charge in [-0.1, -0.05) is 164 Å². The Bertz CT molecular complexity index is 3610. The van der Waals surface area contributed by atoms with Gasteiger partial charge in [-0.25, -0.2) is 0 Å². The van der Waals surface area contributed by atoms with Gasteiger partial charge in [0, 0.05) is 33.1 Å². The minimum absolute atomic E-state index is 0.0193. The molecule has 0 bridgehead atoms. The largest absolute Gasteiger partial charge is 0.311 e. The van der Waals surface area contributed by atoms with E-state index in [1.807, 2.05) is 11.3 Å². The van der Waals surface area contributed by atoms with E-state index in [1.165, 1.54) is 70.4 Å². The van der Waals surface area contributed by atoms with E-state index in [0.29, 0.717) is 5.56 Å². The molecule has 0 atom stereocenters. The van der Waals surface area contributed by atoms with E-state index in [1.54, 1.807) is 0 Å². The van der Waals surface area contributed by atoms with Gasteiger partial charge in [-0.2, -0.15) is 0 Å². The molecule has 4 heteroatoms. The molecule has 70 heavy (non-hydrogen) atoms. The molecule has 0 saturated heterocycles. The van der Waals surface area contributed by atoms with Crippen molar-refractivity contribution in [1.82, 2.24) is 0 Å². The van der Waals surface area contributed by atoms with Gasteiger partial charge in [0.15, 0.2) is 0 Å². The average molecular weight is 944 g/mol. The van der Waals surface area contributed by atoms with Crippen molar-refractivity contribution in [3.63, 3.8) is 0 Å². The summed E-state index contributed by atoms with van der Waals surface area (Å²) in [5, 5.41) is 2.43. The highest BCUT2D eigenvalue weighted by molar-refractivity contribution is 7.26. The molecule has 2 nitrogen and oxygen atoms in total. The van der Waals surface area contributed by atoms with Crippen LogP contribution in [0.2, 0.25) is 0 Å². The number of benzene rings is 6. The molecule has 6 aromatic carbocycles. The molecule has 1 aromatic heterocycles. The maximum Gasteiger partial charge on any atom is 0.254 e. The van der Waals surface area contributed by atoms with Crippen molar-refractivity contribution >= 4 is 78.0 Å². The molecule has 0 amide bonds. The van der Waals surface area contributed by atoms with Crippen molar-refractivity contribution in [1.29, 1.82) is 0 Å². The second-order valence-electron chi connectivity index (χ2n) is 27.0. The summed E-state index contributed by atoms with van der Waals surface area (Å²) in [6.07, 6.45) is 6.58. The van der Waals surface area contributed by atoms with Gasteiger partial charge in [0.1, 0.15) is 0 Å². The van der Waals surface area contributed by atoms with E-state index in [4.69, 9.17) is 4.11 Å². The van der Waals surface area contributed by atoms with Gasteiger partial charge in [-0.15, -0.1) is 11.3 Å². The van der Waals surface area contributed by atoms with Crippen LogP contribution in [-0.2, 0) is 37.9 Å². The lowest BCUT2D eigenvalue weighted by atomic mass is 9.33. The molecule has 3 aliphatic carbocycles. The number of thiophene rings is 1. The Kier molecular flexibility index (Phi) is 8.56. The number of fused-ring (bicyclic) bond motifs is 9. The summed E-state index contributed by atoms with van der Waals surface area (Å²) >= 11 is 1.87. The van der Waals surface area contributed by atoms with Crippen molar-refractivity contribution in [2.24, 2.45) is 0 Å². The van der Waals surface area contributed by atoms with Gasteiger partial charge in [-0.3, -0.25) is 0 Å². The van der Waals surface area contributed by atoms with Crippen molar-refractivity contribution in [2.75, 3.05) is 9.80 Å². The monoisotopic (exact) mass is 944 g/mol. The first-order valence-corrected chi connectivity index (χ1v) is 27.1. The molecule has 7 aromatic rings. The topological polar surface area (TPSA) is 6.48 Å². The van der Waals surface area contributed by atoms with Crippen LogP contribution in [0.4, 0.5) is 33.4 Å². The maximum atomic E-state index is 9.56. The first-order valence-electron chi connectivity index (χ1n) is 28.8. The van der Waals surface area contributed by atoms with Crippen LogP contribution in [0.1, 0.15) is 188 Å². The van der Waals surface area contributed by atoms with Gasteiger partial charge in [-0.05, 0) is 197 Å². The maximum absolute atomic E-state index is 9.56. The van der Waals surface area contributed by atoms with Crippen LogP contribution in [0, 0.1) is 0 Å². The Morgan fingerprint density at radius 3 is 1.47 bits per heavy atom. The second kappa shape index (κ2) is 14.8. The molecule has 3 heterocycles. The van der Waals surface area contributed by atoms with Crippen LogP contribution in [0.3, 0.4) is 0 Å². The molecule has 0 N–H and O–H groups in total. The van der Waals surface area contributed by atoms with Crippen molar-refractivity contribution in [2.45, 2.75) is 180 Å². The zero-order valence-electron chi connectivity index (χ0n) is 49.6. The highest BCUT2D eigenvalue weighted by Gasteiger charge is 2.49. The zero-order chi connectivity index (χ0) is 53.8. The van der Waals surface area contributed by atoms with E-state index in [0.717, 1.165) is 67.0 Å². The third-order valence-corrected chi connectivity index (χ3v) is 19.7. The number of rotatable bonds is 3. The molecule has 2 aliphatic heterocycles. The fourth-order valence-corrected chi connectivity index (χ4v) is 14.9. The average Bonchev–Trinajstić information content (AvgIpc) is 3.73. The van der Waals surface area contributed by atoms with Crippen LogP contribution < -0.4 is 26.2 Å². The predicted octanol–water partition coefficient (Wildman–Crippen LogP) is 17.0. The van der Waals surface area contributed by atoms with E-state index < -0.39 is 0 Å². The standard InChI is InChI=1S/C66H75BN2S/c1-60(2,3)42-21-24-45-56(35-42)70-59-57(45)67-52-38-50-51(66(14,15)32-31-65(50,12)13)39-53(52)68(43-22-25-46-48(36-43)63(8,9)29-27-61(46,4)5)54-33-41(40-19-17-16-18-20-40)34-55(58(54)67)69(59)44-23-26-47-49(37-44)64(10,11)30-28-62(47,6)7/h16-26,33-39H,27-32H2,1-15H3/i16D,17D,18D,19D,20D. The Hall–Kier alpha value is -5.06. The molecular weight excluding hydrogens is 864 g/mol. The van der Waals surface area contributed by atoms with E-state index in [2.05, 4.69) is 193 Å². The van der Waals surface area contributed by atoms with Crippen molar-refractivity contribution in [3.05, 3.63) is 148 Å².